The second-order valence-electron chi connectivity index (χ2n) is 7.71. The molecule has 0 spiro atoms. The van der Waals surface area contributed by atoms with Gasteiger partial charge in [0.25, 0.3) is 11.8 Å². The number of hydrogen-bond acceptors (Lipinski definition) is 7. The molecule has 0 atom stereocenters. The SMILES string of the molecule is CCN(CCC(=O)OCC(=O)OCCCN1C(=O)c2ccccc2C1=O)c1cccc(C)c1. The average Bonchev–Trinajstić information content (AvgIpc) is 3.06. The van der Waals surface area contributed by atoms with Gasteiger partial charge in [-0.25, -0.2) is 4.79 Å². The maximum Gasteiger partial charge on any atom is 0.344 e. The fourth-order valence-corrected chi connectivity index (χ4v) is 3.62. The predicted molar refractivity (Wildman–Crippen MR) is 122 cm³/mol. The topological polar surface area (TPSA) is 93.2 Å². The zero-order valence-electron chi connectivity index (χ0n) is 18.9. The highest BCUT2D eigenvalue weighted by Gasteiger charge is 2.34. The van der Waals surface area contributed by atoms with E-state index >= 15 is 0 Å². The van der Waals surface area contributed by atoms with Gasteiger partial charge >= 0.3 is 11.9 Å². The number of carbonyl (C=O) groups is 4. The van der Waals surface area contributed by atoms with Crippen LogP contribution in [0.3, 0.4) is 0 Å². The van der Waals surface area contributed by atoms with Gasteiger partial charge < -0.3 is 14.4 Å². The minimum absolute atomic E-state index is 0.0146. The monoisotopic (exact) mass is 452 g/mol. The molecule has 0 aliphatic carbocycles. The van der Waals surface area contributed by atoms with Crippen molar-refractivity contribution in [2.45, 2.75) is 26.7 Å². The molecule has 2 aromatic rings. The van der Waals surface area contributed by atoms with Crippen LogP contribution in [0.5, 0.6) is 0 Å². The summed E-state index contributed by atoms with van der Waals surface area (Å²) in [7, 11) is 0. The lowest BCUT2D eigenvalue weighted by atomic mass is 10.1. The van der Waals surface area contributed by atoms with Crippen molar-refractivity contribution < 1.29 is 28.7 Å². The van der Waals surface area contributed by atoms with Gasteiger partial charge in [-0.15, -0.1) is 0 Å². The van der Waals surface area contributed by atoms with Crippen molar-refractivity contribution in [3.05, 3.63) is 65.2 Å². The van der Waals surface area contributed by atoms with Crippen LogP contribution < -0.4 is 4.90 Å². The van der Waals surface area contributed by atoms with Crippen LogP contribution >= 0.6 is 0 Å². The van der Waals surface area contributed by atoms with Crippen LogP contribution in [-0.2, 0) is 19.1 Å². The number of rotatable bonds is 11. The molecule has 0 saturated carbocycles. The molecule has 8 nitrogen and oxygen atoms in total. The summed E-state index contributed by atoms with van der Waals surface area (Å²) in [5.41, 5.74) is 2.94. The molecular weight excluding hydrogens is 424 g/mol. The first-order valence-corrected chi connectivity index (χ1v) is 11.0. The van der Waals surface area contributed by atoms with E-state index in [9.17, 15) is 19.2 Å². The quantitative estimate of drug-likeness (QED) is 0.294. The minimum atomic E-state index is -0.670. The molecule has 2 aromatic carbocycles. The second-order valence-corrected chi connectivity index (χ2v) is 7.71. The Morgan fingerprint density at radius 3 is 2.27 bits per heavy atom. The summed E-state index contributed by atoms with van der Waals surface area (Å²) in [6, 6.07) is 14.7. The first-order chi connectivity index (χ1) is 15.9. The van der Waals surface area contributed by atoms with Gasteiger partial charge in [0.2, 0.25) is 0 Å². The van der Waals surface area contributed by atoms with Crippen LogP contribution in [0.25, 0.3) is 0 Å². The molecule has 1 aliphatic rings. The lowest BCUT2D eigenvalue weighted by Crippen LogP contribution is -2.31. The third-order valence-corrected chi connectivity index (χ3v) is 5.35. The molecule has 3 rings (SSSR count). The van der Waals surface area contributed by atoms with Crippen LogP contribution in [-0.4, -0.2) is 61.5 Å². The number of carbonyl (C=O) groups excluding carboxylic acids is 4. The molecule has 8 heteroatoms. The highest BCUT2D eigenvalue weighted by molar-refractivity contribution is 6.21. The molecule has 1 aliphatic heterocycles. The summed E-state index contributed by atoms with van der Waals surface area (Å²) in [6.07, 6.45) is 0.446. The Morgan fingerprint density at radius 2 is 1.64 bits per heavy atom. The van der Waals surface area contributed by atoms with Crippen molar-refractivity contribution in [1.29, 1.82) is 0 Å². The molecule has 0 saturated heterocycles. The van der Waals surface area contributed by atoms with Crippen LogP contribution in [0.4, 0.5) is 5.69 Å². The highest BCUT2D eigenvalue weighted by Crippen LogP contribution is 2.22. The maximum atomic E-state index is 12.3. The molecule has 0 bridgehead atoms. The van der Waals surface area contributed by atoms with Gasteiger partial charge in [0.05, 0.1) is 24.2 Å². The fraction of sp³-hybridized carbons (Fsp3) is 0.360. The van der Waals surface area contributed by atoms with E-state index in [0.717, 1.165) is 22.7 Å². The molecule has 0 unspecified atom stereocenters. The van der Waals surface area contributed by atoms with E-state index in [0.29, 0.717) is 24.1 Å². The van der Waals surface area contributed by atoms with E-state index in [1.165, 1.54) is 0 Å². The Labute approximate surface area is 193 Å². The summed E-state index contributed by atoms with van der Waals surface area (Å²) >= 11 is 0. The first-order valence-electron chi connectivity index (χ1n) is 11.0. The number of ether oxygens (including phenoxy) is 2. The normalized spacial score (nSPS) is 12.5. The molecule has 174 valence electrons. The first kappa shape index (κ1) is 24.0. The molecule has 33 heavy (non-hydrogen) atoms. The predicted octanol–water partition coefficient (Wildman–Crippen LogP) is 2.98. The van der Waals surface area contributed by atoms with Crippen molar-refractivity contribution in [1.82, 2.24) is 4.90 Å². The van der Waals surface area contributed by atoms with Crippen molar-refractivity contribution in [2.24, 2.45) is 0 Å². The van der Waals surface area contributed by atoms with Gasteiger partial charge in [-0.05, 0) is 50.1 Å². The summed E-state index contributed by atoms with van der Waals surface area (Å²) < 4.78 is 10.1. The van der Waals surface area contributed by atoms with E-state index in [2.05, 4.69) is 4.90 Å². The third kappa shape index (κ3) is 6.19. The molecule has 1 heterocycles. The maximum absolute atomic E-state index is 12.3. The lowest BCUT2D eigenvalue weighted by molar-refractivity contribution is -0.158. The third-order valence-electron chi connectivity index (χ3n) is 5.35. The van der Waals surface area contributed by atoms with Crippen molar-refractivity contribution in [2.75, 3.05) is 37.7 Å². The van der Waals surface area contributed by atoms with Gasteiger partial charge in [-0.1, -0.05) is 24.3 Å². The van der Waals surface area contributed by atoms with Crippen molar-refractivity contribution in [3.8, 4) is 0 Å². The van der Waals surface area contributed by atoms with Gasteiger partial charge in [0.1, 0.15) is 0 Å². The van der Waals surface area contributed by atoms with E-state index in [4.69, 9.17) is 9.47 Å². The number of benzene rings is 2. The number of aryl methyl sites for hydroxylation is 1. The smallest absolute Gasteiger partial charge is 0.344 e. The highest BCUT2D eigenvalue weighted by atomic mass is 16.6. The van der Waals surface area contributed by atoms with E-state index < -0.39 is 18.5 Å². The molecular formula is C25H28N2O6. The second kappa shape index (κ2) is 11.3. The van der Waals surface area contributed by atoms with Crippen LogP contribution in [0, 0.1) is 6.92 Å². The Balaban J connectivity index is 1.32. The van der Waals surface area contributed by atoms with E-state index in [1.54, 1.807) is 24.3 Å². The van der Waals surface area contributed by atoms with Crippen molar-refractivity contribution in [3.63, 3.8) is 0 Å². The zero-order chi connectivity index (χ0) is 23.8. The lowest BCUT2D eigenvalue weighted by Gasteiger charge is -2.23. The zero-order valence-corrected chi connectivity index (χ0v) is 18.9. The number of hydrogen-bond donors (Lipinski definition) is 0. The Morgan fingerprint density at radius 1 is 0.939 bits per heavy atom. The Hall–Kier alpha value is -3.68. The Kier molecular flexibility index (Phi) is 8.18. The van der Waals surface area contributed by atoms with E-state index in [-0.39, 0.29) is 31.4 Å². The summed E-state index contributed by atoms with van der Waals surface area (Å²) in [4.78, 5) is 51.6. The molecule has 0 fully saturated rings. The number of anilines is 1. The average molecular weight is 453 g/mol. The number of nitrogens with zero attached hydrogens (tertiary/aromatic N) is 2. The van der Waals surface area contributed by atoms with E-state index in [1.807, 2.05) is 38.1 Å². The summed E-state index contributed by atoms with van der Waals surface area (Å²) in [5.74, 6) is -1.84. The van der Waals surface area contributed by atoms with Gasteiger partial charge in [0, 0.05) is 25.3 Å². The number of esters is 2. The molecule has 0 N–H and O–H groups in total. The molecule has 0 radical (unpaired) electrons. The van der Waals surface area contributed by atoms with Crippen molar-refractivity contribution >= 4 is 29.4 Å². The van der Waals surface area contributed by atoms with Crippen LogP contribution in [0.2, 0.25) is 0 Å². The minimum Gasteiger partial charge on any atom is -0.463 e. The Bertz CT molecular complexity index is 1000. The summed E-state index contributed by atoms with van der Waals surface area (Å²) in [5, 5.41) is 0. The number of imide groups is 1. The van der Waals surface area contributed by atoms with Gasteiger partial charge in [0.15, 0.2) is 6.61 Å². The fourth-order valence-electron chi connectivity index (χ4n) is 3.62. The van der Waals surface area contributed by atoms with Crippen LogP contribution in [0.1, 0.15) is 46.0 Å². The summed E-state index contributed by atoms with van der Waals surface area (Å²) in [6.45, 7) is 4.93. The number of fused-ring (bicyclic) bond motifs is 1. The molecule has 0 aromatic heterocycles. The van der Waals surface area contributed by atoms with Gasteiger partial charge in [-0.2, -0.15) is 0 Å². The van der Waals surface area contributed by atoms with Crippen LogP contribution in [0.15, 0.2) is 48.5 Å². The van der Waals surface area contributed by atoms with Gasteiger partial charge in [-0.3, -0.25) is 19.3 Å². The largest absolute Gasteiger partial charge is 0.463 e. The standard InChI is InChI=1S/C25H28N2O6/c1-3-26(19-9-6-8-18(2)16-19)14-12-22(28)33-17-23(29)32-15-7-13-27-24(30)20-10-4-5-11-21(20)25(27)31/h4-6,8-11,16H,3,7,12-15,17H2,1-2H3. The number of amides is 2. The molecule has 2 amide bonds.